The van der Waals surface area contributed by atoms with Crippen molar-refractivity contribution in [2.45, 2.75) is 199 Å². The number of aromatic nitrogens is 3. The largest absolute Gasteiger partial charge is 0.459 e. The highest BCUT2D eigenvalue weighted by Gasteiger charge is 2.54. The van der Waals surface area contributed by atoms with Gasteiger partial charge in [-0.3, -0.25) is 4.79 Å². The van der Waals surface area contributed by atoms with E-state index < -0.39 is 83.8 Å². The molecule has 19 atom stereocenters. The molecule has 0 radical (unpaired) electrons. The van der Waals surface area contributed by atoms with Gasteiger partial charge in [0.2, 0.25) is 0 Å². The Morgan fingerprint density at radius 2 is 1.74 bits per heavy atom. The molecule has 0 spiro atoms. The topological polar surface area (TPSA) is 150 Å². The Balaban J connectivity index is 1.41. The van der Waals surface area contributed by atoms with Crippen molar-refractivity contribution in [1.29, 1.82) is 0 Å². The third-order valence-corrected chi connectivity index (χ3v) is 17.7. The molecule has 3 fully saturated rings. The summed E-state index contributed by atoms with van der Waals surface area (Å²) in [7, 11) is 7.36. The molecule has 3 aliphatic rings. The summed E-state index contributed by atoms with van der Waals surface area (Å²) in [5.74, 6) is 1.44. The van der Waals surface area contributed by atoms with Crippen molar-refractivity contribution < 1.29 is 47.8 Å². The molecule has 4 heterocycles. The first-order chi connectivity index (χ1) is 33.9. The maximum atomic E-state index is 14.7. The van der Waals surface area contributed by atoms with E-state index in [-0.39, 0.29) is 48.7 Å². The summed E-state index contributed by atoms with van der Waals surface area (Å²) in [6, 6.07) is 7.08. The lowest BCUT2D eigenvalue weighted by Crippen LogP contribution is -2.60. The summed E-state index contributed by atoms with van der Waals surface area (Å²) < 4.78 is 55.1. The highest BCUT2D eigenvalue weighted by atomic mass is 35.5. The van der Waals surface area contributed by atoms with Crippen molar-refractivity contribution in [3.05, 3.63) is 47.3 Å². The summed E-state index contributed by atoms with van der Waals surface area (Å²) in [6.45, 7) is 22.9. The number of cyclic esters (lactones) is 1. The van der Waals surface area contributed by atoms with Gasteiger partial charge in [0.15, 0.2) is 0 Å². The molecule has 3 aliphatic heterocycles. The number of carbonyl (C=O) groups is 1. The predicted molar refractivity (Wildman–Crippen MR) is 279 cm³/mol. The molecule has 3 unspecified atom stereocenters. The molecule has 3 saturated heterocycles. The molecule has 72 heavy (non-hydrogen) atoms. The van der Waals surface area contributed by atoms with Gasteiger partial charge in [-0.2, -0.15) is 0 Å². The Bertz CT molecular complexity index is 2040. The van der Waals surface area contributed by atoms with Gasteiger partial charge < -0.3 is 48.4 Å². The second-order valence-electron chi connectivity index (χ2n) is 22.8. The van der Waals surface area contributed by atoms with Gasteiger partial charge in [-0.05, 0) is 104 Å². The summed E-state index contributed by atoms with van der Waals surface area (Å²) in [4.78, 5) is 19.4. The normalized spacial score (nSPS) is 38.8. The number of aliphatic hydroxyl groups is 2. The highest BCUT2D eigenvalue weighted by Crippen LogP contribution is 2.46. The standard InChI is InChI=1S/C56H91ClFN5O9/c1-17-48-56(12,66)38(7)39(8)62(14)31-34(3)27-54(10,18-2)52(36(5)49(37(6)53(65)72-48)47-28-55(11,68-16)51(64)40(9)71-47)69-33-45-26-44(25-35(4)70-45)61(13)24-23-43-32-63(60-59-43)46(30-58)50(67-15)42-21-19-41(29-57)20-22-42/h2,19-22,32,34-40,44-52,64,66H,17,23-31,33H2,1,3-16H3/t34-,35-,36+,37-,38-,39-,40+,44+,45?,46?,47-,48-,49?,50-,51+,52-,54+,55-,56+/m1/s1. The lowest BCUT2D eigenvalue weighted by molar-refractivity contribution is -0.238. The molecule has 5 rings (SSSR count). The molecule has 0 amide bonds. The van der Waals surface area contributed by atoms with Crippen LogP contribution in [0.2, 0.25) is 0 Å². The van der Waals surface area contributed by atoms with Gasteiger partial charge in [0.25, 0.3) is 0 Å². The van der Waals surface area contributed by atoms with E-state index in [4.69, 9.17) is 46.4 Å². The van der Waals surface area contributed by atoms with Crippen molar-refractivity contribution in [3.8, 4) is 12.3 Å². The Hall–Kier alpha value is -2.75. The van der Waals surface area contributed by atoms with Gasteiger partial charge in [-0.15, -0.1) is 23.1 Å². The van der Waals surface area contributed by atoms with E-state index in [1.54, 1.807) is 25.8 Å². The van der Waals surface area contributed by atoms with Crippen LogP contribution in [0.5, 0.6) is 0 Å². The molecule has 16 heteroatoms. The number of methoxy groups -OCH3 is 2. The summed E-state index contributed by atoms with van der Waals surface area (Å²) in [5, 5.41) is 32.4. The van der Waals surface area contributed by atoms with E-state index in [0.717, 1.165) is 23.2 Å². The number of esters is 1. The molecule has 0 saturated carbocycles. The maximum absolute atomic E-state index is 14.7. The average molecular weight is 1030 g/mol. The second-order valence-corrected chi connectivity index (χ2v) is 23.1. The Morgan fingerprint density at radius 1 is 1.06 bits per heavy atom. The number of likely N-dealkylation sites (N-methyl/N-ethyl adjacent to an activating group) is 1. The average Bonchev–Trinajstić information content (AvgIpc) is 3.83. The summed E-state index contributed by atoms with van der Waals surface area (Å²) in [6.07, 6.45) is 7.72. The second kappa shape index (κ2) is 25.9. The zero-order chi connectivity index (χ0) is 53.5. The first-order valence-electron chi connectivity index (χ1n) is 26.5. The SMILES string of the molecule is C#C[C@@]1(C)C[C@@H](C)CN(C)[C@H](C)[C@@H](C)[C@](C)(O)[C@@H](CC)OC(=O)[C@H](C)C([C@H]2C[C@@](C)(OC)[C@@H](O)[C@H](C)O2)[C@H](C)[C@H]1OCC1C[C@@H](N(C)CCc2cn(C(CF)[C@H](OC)c3ccc(CCl)cc3)nn2)C[C@@H](C)O1. The first kappa shape index (κ1) is 60.1. The third kappa shape index (κ3) is 13.8. The number of ether oxygens (including phenoxy) is 6. The quantitative estimate of drug-likeness (QED) is 0.0945. The van der Waals surface area contributed by atoms with Crippen LogP contribution < -0.4 is 0 Å². The number of aliphatic hydroxyl groups excluding tert-OH is 1. The van der Waals surface area contributed by atoms with Gasteiger partial charge >= 0.3 is 5.97 Å². The van der Waals surface area contributed by atoms with Crippen molar-refractivity contribution in [2.24, 2.45) is 35.0 Å². The van der Waals surface area contributed by atoms with Gasteiger partial charge in [0.1, 0.15) is 36.6 Å². The molecule has 0 bridgehead atoms. The molecule has 1 aromatic heterocycles. The summed E-state index contributed by atoms with van der Waals surface area (Å²) >= 11 is 6.01. The molecular formula is C56H91ClFN5O9. The maximum Gasteiger partial charge on any atom is 0.309 e. The number of nitrogens with zero attached hydrogens (tertiary/aromatic N) is 5. The number of halogens is 2. The van der Waals surface area contributed by atoms with Crippen LogP contribution in [0.1, 0.15) is 137 Å². The zero-order valence-corrected chi connectivity index (χ0v) is 47.0. The minimum absolute atomic E-state index is 0.0532. The minimum atomic E-state index is -1.33. The monoisotopic (exact) mass is 1030 g/mol. The number of rotatable bonds is 16. The van der Waals surface area contributed by atoms with Crippen LogP contribution in [-0.2, 0) is 45.5 Å². The van der Waals surface area contributed by atoms with Crippen LogP contribution in [0.3, 0.4) is 0 Å². The number of hydrogen-bond acceptors (Lipinski definition) is 13. The van der Waals surface area contributed by atoms with Gasteiger partial charge in [-0.25, -0.2) is 9.07 Å². The van der Waals surface area contributed by atoms with Crippen molar-refractivity contribution in [3.63, 3.8) is 0 Å². The predicted octanol–water partition coefficient (Wildman–Crippen LogP) is 8.25. The Kier molecular flexibility index (Phi) is 21.6. The van der Waals surface area contributed by atoms with Crippen molar-refractivity contribution in [1.82, 2.24) is 24.8 Å². The van der Waals surface area contributed by atoms with Crippen LogP contribution in [-0.4, -0.2) is 162 Å². The third-order valence-electron chi connectivity index (χ3n) is 17.4. The fourth-order valence-electron chi connectivity index (χ4n) is 12.5. The number of hydrogen-bond donors (Lipinski definition) is 2. The minimum Gasteiger partial charge on any atom is -0.459 e. The number of benzene rings is 1. The van der Waals surface area contributed by atoms with E-state index in [1.807, 2.05) is 65.1 Å². The molecular weight excluding hydrogens is 941 g/mol. The van der Waals surface area contributed by atoms with Gasteiger partial charge in [0.05, 0.1) is 59.8 Å². The highest BCUT2D eigenvalue weighted by molar-refractivity contribution is 6.17. The molecule has 2 aromatic rings. The lowest BCUT2D eigenvalue weighted by atomic mass is 9.65. The van der Waals surface area contributed by atoms with E-state index in [0.29, 0.717) is 51.1 Å². The van der Waals surface area contributed by atoms with Gasteiger partial charge in [-0.1, -0.05) is 70.0 Å². The van der Waals surface area contributed by atoms with Crippen molar-refractivity contribution in [2.75, 3.05) is 54.7 Å². The zero-order valence-electron chi connectivity index (χ0n) is 46.2. The molecule has 2 N–H and O–H groups in total. The first-order valence-corrected chi connectivity index (χ1v) is 27.1. The number of terminal acetylenes is 1. The van der Waals surface area contributed by atoms with E-state index in [9.17, 15) is 19.4 Å². The van der Waals surface area contributed by atoms with Crippen LogP contribution in [0.15, 0.2) is 30.5 Å². The Morgan fingerprint density at radius 3 is 2.33 bits per heavy atom. The smallest absolute Gasteiger partial charge is 0.309 e. The van der Waals surface area contributed by atoms with E-state index >= 15 is 0 Å². The Labute approximate surface area is 436 Å². The van der Waals surface area contributed by atoms with Gasteiger partial charge in [0, 0.05) is 76.1 Å². The fraction of sp³-hybridized carbons (Fsp3) is 0.804. The van der Waals surface area contributed by atoms with E-state index in [1.165, 1.54) is 0 Å². The van der Waals surface area contributed by atoms with Crippen LogP contribution in [0.25, 0.3) is 0 Å². The van der Waals surface area contributed by atoms with Crippen LogP contribution in [0.4, 0.5) is 4.39 Å². The molecule has 0 aliphatic carbocycles. The van der Waals surface area contributed by atoms with Crippen LogP contribution in [0, 0.1) is 47.3 Å². The van der Waals surface area contributed by atoms with E-state index in [2.05, 4.69) is 74.7 Å². The fourth-order valence-corrected chi connectivity index (χ4v) is 12.7. The lowest BCUT2D eigenvalue weighted by Gasteiger charge is -2.51. The summed E-state index contributed by atoms with van der Waals surface area (Å²) in [5.41, 5.74) is -0.543. The molecule has 1 aromatic carbocycles. The van der Waals surface area contributed by atoms with Crippen LogP contribution >= 0.6 is 11.6 Å². The molecule has 14 nitrogen and oxygen atoms in total. The number of carbonyl (C=O) groups excluding carboxylic acids is 1. The van der Waals surface area contributed by atoms with Crippen molar-refractivity contribution >= 4 is 17.6 Å². The molecule has 408 valence electrons. The number of alkyl halides is 2.